The van der Waals surface area contributed by atoms with Crippen LogP contribution >= 0.6 is 23.2 Å². The Morgan fingerprint density at radius 2 is 1.88 bits per heavy atom. The van der Waals surface area contributed by atoms with Crippen LogP contribution in [0, 0.1) is 5.92 Å². The minimum Gasteiger partial charge on any atom is -0.481 e. The number of aliphatic carboxylic acids is 1. The SMILES string of the molecule is O=C(O)Cc1ccnc(N2CCC(C=Cc3c(-c4c(Cl)cccc4Cl)noc3C3CC3)CC2)c1. The first-order chi connectivity index (χ1) is 16.5. The Hall–Kier alpha value is -2.83. The molecule has 1 aliphatic carbocycles. The lowest BCUT2D eigenvalue weighted by atomic mass is 9.94. The van der Waals surface area contributed by atoms with Crippen molar-refractivity contribution < 1.29 is 14.4 Å². The first kappa shape index (κ1) is 22.9. The molecule has 2 aliphatic rings. The highest BCUT2D eigenvalue weighted by Gasteiger charge is 2.32. The fourth-order valence-corrected chi connectivity index (χ4v) is 5.06. The lowest BCUT2D eigenvalue weighted by Gasteiger charge is -2.31. The number of carboxylic acid groups (broad SMARTS) is 1. The first-order valence-electron chi connectivity index (χ1n) is 11.5. The summed E-state index contributed by atoms with van der Waals surface area (Å²) in [6.07, 6.45) is 10.3. The molecule has 0 unspecified atom stereocenters. The van der Waals surface area contributed by atoms with E-state index in [-0.39, 0.29) is 6.42 Å². The lowest BCUT2D eigenvalue weighted by Crippen LogP contribution is -2.33. The zero-order valence-corrected chi connectivity index (χ0v) is 20.1. The van der Waals surface area contributed by atoms with Gasteiger partial charge in [0, 0.05) is 36.3 Å². The molecule has 5 rings (SSSR count). The number of pyridine rings is 1. The van der Waals surface area contributed by atoms with Crippen LogP contribution in [0.5, 0.6) is 0 Å². The second-order valence-corrected chi connectivity index (χ2v) is 9.77. The minimum absolute atomic E-state index is 0.00850. The Balaban J connectivity index is 1.32. The van der Waals surface area contributed by atoms with Crippen LogP contribution < -0.4 is 4.90 Å². The van der Waals surface area contributed by atoms with Crippen molar-refractivity contribution in [3.63, 3.8) is 0 Å². The van der Waals surface area contributed by atoms with Gasteiger partial charge in [-0.15, -0.1) is 0 Å². The predicted molar refractivity (Wildman–Crippen MR) is 133 cm³/mol. The summed E-state index contributed by atoms with van der Waals surface area (Å²) in [4.78, 5) is 17.7. The Bertz CT molecular complexity index is 1210. The number of halogens is 2. The number of hydrogen-bond acceptors (Lipinski definition) is 5. The smallest absolute Gasteiger partial charge is 0.307 e. The van der Waals surface area contributed by atoms with Crippen molar-refractivity contribution >= 4 is 41.1 Å². The second kappa shape index (κ2) is 9.80. The maximum Gasteiger partial charge on any atom is 0.307 e. The van der Waals surface area contributed by atoms with Gasteiger partial charge in [-0.3, -0.25) is 4.79 Å². The van der Waals surface area contributed by atoms with Gasteiger partial charge in [-0.1, -0.05) is 46.6 Å². The maximum atomic E-state index is 11.0. The number of aromatic nitrogens is 2. The van der Waals surface area contributed by atoms with Crippen LogP contribution in [-0.4, -0.2) is 34.3 Å². The number of carbonyl (C=O) groups is 1. The zero-order chi connectivity index (χ0) is 23.7. The van der Waals surface area contributed by atoms with Gasteiger partial charge in [-0.2, -0.15) is 0 Å². The molecule has 176 valence electrons. The summed E-state index contributed by atoms with van der Waals surface area (Å²) in [6.45, 7) is 1.72. The number of hydrogen-bond donors (Lipinski definition) is 1. The molecule has 0 atom stereocenters. The van der Waals surface area contributed by atoms with Crippen molar-refractivity contribution in [2.45, 2.75) is 38.0 Å². The van der Waals surface area contributed by atoms with E-state index < -0.39 is 5.97 Å². The molecule has 0 amide bonds. The summed E-state index contributed by atoms with van der Waals surface area (Å²) in [5.74, 6) is 1.74. The van der Waals surface area contributed by atoms with Crippen LogP contribution in [0.2, 0.25) is 10.0 Å². The Morgan fingerprint density at radius 1 is 1.15 bits per heavy atom. The molecule has 1 aromatic carbocycles. The van der Waals surface area contributed by atoms with E-state index in [2.05, 4.69) is 27.2 Å². The van der Waals surface area contributed by atoms with Gasteiger partial charge < -0.3 is 14.5 Å². The number of allylic oxidation sites excluding steroid dienone is 1. The average Bonchev–Trinajstić information content (AvgIpc) is 3.58. The van der Waals surface area contributed by atoms with Crippen molar-refractivity contribution in [3.8, 4) is 11.3 Å². The Kier molecular flexibility index (Phi) is 6.61. The molecule has 1 saturated carbocycles. The highest BCUT2D eigenvalue weighted by atomic mass is 35.5. The van der Waals surface area contributed by atoms with Gasteiger partial charge in [-0.25, -0.2) is 4.98 Å². The molecule has 6 nitrogen and oxygen atoms in total. The van der Waals surface area contributed by atoms with E-state index in [1.807, 2.05) is 24.3 Å². The van der Waals surface area contributed by atoms with Gasteiger partial charge in [0.15, 0.2) is 0 Å². The van der Waals surface area contributed by atoms with Crippen LogP contribution in [0.1, 0.15) is 48.5 Å². The fraction of sp³-hybridized carbons (Fsp3) is 0.346. The summed E-state index contributed by atoms with van der Waals surface area (Å²) in [6, 6.07) is 9.09. The van der Waals surface area contributed by atoms with Crippen LogP contribution in [0.25, 0.3) is 17.3 Å². The van der Waals surface area contributed by atoms with Crippen LogP contribution in [-0.2, 0) is 11.2 Å². The van der Waals surface area contributed by atoms with Gasteiger partial charge in [-0.05, 0) is 61.4 Å². The van der Waals surface area contributed by atoms with E-state index in [4.69, 9.17) is 32.8 Å². The normalized spacial score (nSPS) is 16.9. The maximum absolute atomic E-state index is 11.0. The highest BCUT2D eigenvalue weighted by molar-refractivity contribution is 6.39. The van der Waals surface area contributed by atoms with E-state index in [1.54, 1.807) is 12.3 Å². The van der Waals surface area contributed by atoms with Crippen molar-refractivity contribution in [2.75, 3.05) is 18.0 Å². The second-order valence-electron chi connectivity index (χ2n) is 8.96. The number of rotatable bonds is 7. The summed E-state index contributed by atoms with van der Waals surface area (Å²) in [5, 5.41) is 14.5. The molecule has 34 heavy (non-hydrogen) atoms. The number of anilines is 1. The third kappa shape index (κ3) is 4.98. The standard InChI is InChI=1S/C26H25Cl2N3O3/c27-20-2-1-3-21(28)24(20)25-19(26(34-30-25)18-5-6-18)7-4-16-9-12-31(13-10-16)22-14-17(8-11-29-22)15-23(32)33/h1-4,7-8,11,14,16,18H,5-6,9-10,12-13,15H2,(H,32,33). The van der Waals surface area contributed by atoms with Crippen LogP contribution in [0.4, 0.5) is 5.82 Å². The molecule has 3 heterocycles. The molecule has 0 spiro atoms. The van der Waals surface area contributed by atoms with Crippen molar-refractivity contribution in [1.82, 2.24) is 10.1 Å². The molecule has 3 aromatic rings. The first-order valence-corrected chi connectivity index (χ1v) is 12.3. The quantitative estimate of drug-likeness (QED) is 0.402. The average molecular weight is 498 g/mol. The monoisotopic (exact) mass is 497 g/mol. The van der Waals surface area contributed by atoms with Gasteiger partial charge in [0.25, 0.3) is 0 Å². The topological polar surface area (TPSA) is 79.5 Å². The van der Waals surface area contributed by atoms with Crippen molar-refractivity contribution in [3.05, 3.63) is 69.5 Å². The van der Waals surface area contributed by atoms with Gasteiger partial charge in [0.2, 0.25) is 0 Å². The summed E-state index contributed by atoms with van der Waals surface area (Å²) in [7, 11) is 0. The molecule has 2 fully saturated rings. The third-order valence-corrected chi connectivity index (χ3v) is 7.10. The summed E-state index contributed by atoms with van der Waals surface area (Å²) in [5.41, 5.74) is 3.15. The van der Waals surface area contributed by atoms with E-state index >= 15 is 0 Å². The van der Waals surface area contributed by atoms with E-state index in [9.17, 15) is 4.79 Å². The molecule has 8 heteroatoms. The van der Waals surface area contributed by atoms with E-state index in [0.29, 0.717) is 33.1 Å². The van der Waals surface area contributed by atoms with Gasteiger partial charge in [0.1, 0.15) is 17.3 Å². The molecular formula is C26H25Cl2N3O3. The summed E-state index contributed by atoms with van der Waals surface area (Å²) >= 11 is 12.9. The predicted octanol–water partition coefficient (Wildman–Crippen LogP) is 6.48. The van der Waals surface area contributed by atoms with Crippen LogP contribution in [0.15, 0.2) is 47.1 Å². The number of benzene rings is 1. The number of nitrogens with zero attached hydrogens (tertiary/aromatic N) is 3. The van der Waals surface area contributed by atoms with Gasteiger partial charge >= 0.3 is 5.97 Å². The molecule has 1 saturated heterocycles. The molecule has 0 radical (unpaired) electrons. The third-order valence-electron chi connectivity index (χ3n) is 6.47. The molecule has 1 N–H and O–H groups in total. The largest absolute Gasteiger partial charge is 0.481 e. The van der Waals surface area contributed by atoms with Gasteiger partial charge in [0.05, 0.1) is 16.5 Å². The Morgan fingerprint density at radius 3 is 2.56 bits per heavy atom. The lowest BCUT2D eigenvalue weighted by molar-refractivity contribution is -0.136. The number of piperidine rings is 1. The Labute approximate surface area is 208 Å². The van der Waals surface area contributed by atoms with Crippen molar-refractivity contribution in [1.29, 1.82) is 0 Å². The van der Waals surface area contributed by atoms with E-state index in [0.717, 1.165) is 61.5 Å². The zero-order valence-electron chi connectivity index (χ0n) is 18.6. The summed E-state index contributed by atoms with van der Waals surface area (Å²) < 4.78 is 5.76. The molecule has 2 aromatic heterocycles. The van der Waals surface area contributed by atoms with Crippen LogP contribution in [0.3, 0.4) is 0 Å². The fourth-order valence-electron chi connectivity index (χ4n) is 4.49. The number of carboxylic acids is 1. The molecule has 1 aliphatic heterocycles. The van der Waals surface area contributed by atoms with E-state index in [1.165, 1.54) is 0 Å². The minimum atomic E-state index is -0.835. The van der Waals surface area contributed by atoms with Crippen molar-refractivity contribution in [2.24, 2.45) is 5.92 Å². The molecular weight excluding hydrogens is 473 g/mol. The molecule has 0 bridgehead atoms. The highest BCUT2D eigenvalue weighted by Crippen LogP contribution is 2.46.